The summed E-state index contributed by atoms with van der Waals surface area (Å²) in [5, 5.41) is 11.6. The second-order valence-corrected chi connectivity index (χ2v) is 4.82. The summed E-state index contributed by atoms with van der Waals surface area (Å²) in [5.41, 5.74) is 0. The normalized spacial score (nSPS) is 12.2. The van der Waals surface area contributed by atoms with Gasteiger partial charge in [0.1, 0.15) is 5.82 Å². The molecule has 1 amide bonds. The molecular formula is C12H16FNO2S. The molecular weight excluding hydrogens is 241 g/mol. The van der Waals surface area contributed by atoms with Crippen LogP contribution in [-0.4, -0.2) is 29.4 Å². The van der Waals surface area contributed by atoms with E-state index in [2.05, 4.69) is 5.32 Å². The van der Waals surface area contributed by atoms with Crippen LogP contribution in [0.3, 0.4) is 0 Å². The summed E-state index contributed by atoms with van der Waals surface area (Å²) in [6.07, 6.45) is -0.232. The van der Waals surface area contributed by atoms with Gasteiger partial charge in [-0.05, 0) is 19.1 Å². The standard InChI is InChI=1S/C12H16FNO2S/c1-9(15)8-14-12(16)6-7-17-11-5-3-2-4-10(11)13/h2-5,9,15H,6-8H2,1H3,(H,14,16)/t9-/m1/s1. The molecule has 94 valence electrons. The van der Waals surface area contributed by atoms with Crippen molar-refractivity contribution in [3.05, 3.63) is 30.1 Å². The van der Waals surface area contributed by atoms with Crippen LogP contribution in [0.15, 0.2) is 29.2 Å². The maximum atomic E-state index is 13.2. The Kier molecular flexibility index (Phi) is 6.00. The fraction of sp³-hybridized carbons (Fsp3) is 0.417. The molecule has 0 heterocycles. The Hall–Kier alpha value is -1.07. The van der Waals surface area contributed by atoms with E-state index in [4.69, 9.17) is 5.11 Å². The molecule has 0 saturated carbocycles. The number of halogens is 1. The van der Waals surface area contributed by atoms with Crippen molar-refractivity contribution in [1.82, 2.24) is 5.32 Å². The Balaban J connectivity index is 2.24. The third kappa shape index (κ3) is 5.70. The molecule has 0 aliphatic carbocycles. The highest BCUT2D eigenvalue weighted by Crippen LogP contribution is 2.21. The van der Waals surface area contributed by atoms with Gasteiger partial charge in [-0.2, -0.15) is 0 Å². The molecule has 5 heteroatoms. The minimum absolute atomic E-state index is 0.130. The summed E-state index contributed by atoms with van der Waals surface area (Å²) >= 11 is 1.31. The van der Waals surface area contributed by atoms with Crippen LogP contribution in [0, 0.1) is 5.82 Å². The molecule has 0 aliphatic rings. The number of carbonyl (C=O) groups is 1. The number of aliphatic hydroxyl groups is 1. The molecule has 0 saturated heterocycles. The molecule has 0 bridgehead atoms. The Labute approximate surface area is 104 Å². The van der Waals surface area contributed by atoms with Gasteiger partial charge in [-0.1, -0.05) is 12.1 Å². The van der Waals surface area contributed by atoms with E-state index >= 15 is 0 Å². The number of nitrogens with one attached hydrogen (secondary N) is 1. The zero-order valence-electron chi connectivity index (χ0n) is 9.65. The van der Waals surface area contributed by atoms with Crippen LogP contribution in [-0.2, 0) is 4.79 Å². The van der Waals surface area contributed by atoms with Gasteiger partial charge in [-0.25, -0.2) is 4.39 Å². The molecule has 0 radical (unpaired) electrons. The number of thioether (sulfide) groups is 1. The summed E-state index contributed by atoms with van der Waals surface area (Å²) in [6.45, 7) is 1.86. The lowest BCUT2D eigenvalue weighted by atomic mass is 10.3. The average Bonchev–Trinajstić information content (AvgIpc) is 2.29. The van der Waals surface area contributed by atoms with E-state index in [0.717, 1.165) is 0 Å². The van der Waals surface area contributed by atoms with Crippen molar-refractivity contribution in [3.8, 4) is 0 Å². The fourth-order valence-corrected chi connectivity index (χ4v) is 2.05. The number of benzene rings is 1. The van der Waals surface area contributed by atoms with Crippen LogP contribution >= 0.6 is 11.8 Å². The zero-order valence-corrected chi connectivity index (χ0v) is 10.5. The highest BCUT2D eigenvalue weighted by atomic mass is 32.2. The van der Waals surface area contributed by atoms with Crippen LogP contribution in [0.2, 0.25) is 0 Å². The minimum atomic E-state index is -0.543. The van der Waals surface area contributed by atoms with Gasteiger partial charge in [-0.3, -0.25) is 4.79 Å². The largest absolute Gasteiger partial charge is 0.392 e. The predicted molar refractivity (Wildman–Crippen MR) is 66.4 cm³/mol. The molecule has 3 nitrogen and oxygen atoms in total. The van der Waals surface area contributed by atoms with Gasteiger partial charge in [0.15, 0.2) is 0 Å². The van der Waals surface area contributed by atoms with Crippen molar-refractivity contribution in [2.75, 3.05) is 12.3 Å². The summed E-state index contributed by atoms with van der Waals surface area (Å²) in [7, 11) is 0. The topological polar surface area (TPSA) is 49.3 Å². The molecule has 1 atom stereocenters. The first kappa shape index (κ1) is 14.0. The van der Waals surface area contributed by atoms with Gasteiger partial charge in [0.05, 0.1) is 6.10 Å². The van der Waals surface area contributed by atoms with Gasteiger partial charge in [0.25, 0.3) is 0 Å². The van der Waals surface area contributed by atoms with Crippen molar-refractivity contribution in [2.45, 2.75) is 24.3 Å². The Morgan fingerprint density at radius 3 is 2.88 bits per heavy atom. The quantitative estimate of drug-likeness (QED) is 0.764. The molecule has 1 aromatic carbocycles. The molecule has 17 heavy (non-hydrogen) atoms. The van der Waals surface area contributed by atoms with Crippen LogP contribution in [0.25, 0.3) is 0 Å². The van der Waals surface area contributed by atoms with E-state index in [-0.39, 0.29) is 18.3 Å². The highest BCUT2D eigenvalue weighted by Gasteiger charge is 2.05. The van der Waals surface area contributed by atoms with Crippen LogP contribution in [0.1, 0.15) is 13.3 Å². The smallest absolute Gasteiger partial charge is 0.220 e. The number of rotatable bonds is 6. The number of hydrogen-bond acceptors (Lipinski definition) is 3. The fourth-order valence-electron chi connectivity index (χ4n) is 1.17. The lowest BCUT2D eigenvalue weighted by molar-refractivity contribution is -0.121. The van der Waals surface area contributed by atoms with Crippen LogP contribution in [0.4, 0.5) is 4.39 Å². The second kappa shape index (κ2) is 7.29. The van der Waals surface area contributed by atoms with E-state index < -0.39 is 6.10 Å². The monoisotopic (exact) mass is 257 g/mol. The van der Waals surface area contributed by atoms with E-state index in [0.29, 0.717) is 17.1 Å². The Morgan fingerprint density at radius 1 is 1.53 bits per heavy atom. The molecule has 1 aromatic rings. The van der Waals surface area contributed by atoms with Gasteiger partial charge in [0.2, 0.25) is 5.91 Å². The van der Waals surface area contributed by atoms with E-state index in [9.17, 15) is 9.18 Å². The molecule has 0 aliphatic heterocycles. The lowest BCUT2D eigenvalue weighted by Gasteiger charge is -2.07. The van der Waals surface area contributed by atoms with Crippen molar-refractivity contribution >= 4 is 17.7 Å². The first-order valence-corrected chi connectivity index (χ1v) is 6.40. The molecule has 0 unspecified atom stereocenters. The van der Waals surface area contributed by atoms with E-state index in [1.54, 1.807) is 25.1 Å². The summed E-state index contributed by atoms with van der Waals surface area (Å²) < 4.78 is 13.2. The molecule has 0 fully saturated rings. The first-order chi connectivity index (χ1) is 8.09. The molecule has 1 rings (SSSR count). The third-order valence-electron chi connectivity index (χ3n) is 2.02. The third-order valence-corrected chi connectivity index (χ3v) is 3.07. The van der Waals surface area contributed by atoms with Crippen molar-refractivity contribution in [2.24, 2.45) is 0 Å². The summed E-state index contributed by atoms with van der Waals surface area (Å²) in [4.78, 5) is 11.8. The summed E-state index contributed by atoms with van der Waals surface area (Å²) in [5.74, 6) is 0.128. The SMILES string of the molecule is C[C@@H](O)CNC(=O)CCSc1ccccc1F. The van der Waals surface area contributed by atoms with E-state index in [1.807, 2.05) is 0 Å². The van der Waals surface area contributed by atoms with Crippen molar-refractivity contribution < 1.29 is 14.3 Å². The van der Waals surface area contributed by atoms with Gasteiger partial charge >= 0.3 is 0 Å². The van der Waals surface area contributed by atoms with Crippen molar-refractivity contribution in [1.29, 1.82) is 0 Å². The first-order valence-electron chi connectivity index (χ1n) is 5.41. The lowest BCUT2D eigenvalue weighted by Crippen LogP contribution is -2.30. The number of aliphatic hydroxyl groups excluding tert-OH is 1. The summed E-state index contributed by atoms with van der Waals surface area (Å²) in [6, 6.07) is 6.48. The van der Waals surface area contributed by atoms with Crippen LogP contribution < -0.4 is 5.32 Å². The van der Waals surface area contributed by atoms with Gasteiger partial charge in [-0.15, -0.1) is 11.8 Å². The average molecular weight is 257 g/mol. The Bertz CT molecular complexity index is 371. The van der Waals surface area contributed by atoms with Gasteiger partial charge < -0.3 is 10.4 Å². The van der Waals surface area contributed by atoms with E-state index in [1.165, 1.54) is 17.8 Å². The highest BCUT2D eigenvalue weighted by molar-refractivity contribution is 7.99. The zero-order chi connectivity index (χ0) is 12.7. The molecule has 2 N–H and O–H groups in total. The Morgan fingerprint density at radius 2 is 2.24 bits per heavy atom. The maximum Gasteiger partial charge on any atom is 0.220 e. The number of hydrogen-bond donors (Lipinski definition) is 2. The maximum absolute atomic E-state index is 13.2. The van der Waals surface area contributed by atoms with Crippen LogP contribution in [0.5, 0.6) is 0 Å². The number of carbonyl (C=O) groups excluding carboxylic acids is 1. The van der Waals surface area contributed by atoms with Crippen molar-refractivity contribution in [3.63, 3.8) is 0 Å². The molecule has 0 spiro atoms. The molecule has 0 aromatic heterocycles. The van der Waals surface area contributed by atoms with Gasteiger partial charge in [0, 0.05) is 23.6 Å². The second-order valence-electron chi connectivity index (χ2n) is 3.68. The number of amides is 1. The minimum Gasteiger partial charge on any atom is -0.392 e. The predicted octanol–water partition coefficient (Wildman–Crippen LogP) is 1.80.